The van der Waals surface area contributed by atoms with Crippen molar-refractivity contribution in [1.29, 1.82) is 0 Å². The summed E-state index contributed by atoms with van der Waals surface area (Å²) in [6, 6.07) is 4.02. The molecule has 0 radical (unpaired) electrons. The number of piperidine rings is 1. The van der Waals surface area contributed by atoms with Gasteiger partial charge in [0, 0.05) is 30.7 Å². The second kappa shape index (κ2) is 8.03. The molecule has 3 aromatic heterocycles. The summed E-state index contributed by atoms with van der Waals surface area (Å²) in [6.45, 7) is 4.29. The van der Waals surface area contributed by atoms with Gasteiger partial charge in [0.1, 0.15) is 17.6 Å². The van der Waals surface area contributed by atoms with E-state index in [0.717, 1.165) is 18.5 Å². The van der Waals surface area contributed by atoms with Gasteiger partial charge in [-0.1, -0.05) is 0 Å². The first-order valence-corrected chi connectivity index (χ1v) is 10.4. The number of carbonyl (C=O) groups is 1. The molecule has 9 nitrogen and oxygen atoms in total. The lowest BCUT2D eigenvalue weighted by Gasteiger charge is -2.38. The maximum Gasteiger partial charge on any atom is 0.258 e. The second-order valence-corrected chi connectivity index (χ2v) is 7.95. The number of fused-ring (bicyclic) bond motifs is 1. The molecule has 2 atom stereocenters. The van der Waals surface area contributed by atoms with E-state index in [4.69, 9.17) is 4.74 Å². The molecule has 0 saturated carbocycles. The number of amides is 1. The van der Waals surface area contributed by atoms with Crippen LogP contribution in [0, 0.1) is 12.7 Å². The van der Waals surface area contributed by atoms with Crippen molar-refractivity contribution < 1.29 is 13.9 Å². The summed E-state index contributed by atoms with van der Waals surface area (Å²) in [7, 11) is 0. The number of aromatic nitrogens is 6. The second-order valence-electron chi connectivity index (χ2n) is 7.95. The first kappa shape index (κ1) is 20.1. The lowest BCUT2D eigenvalue weighted by Crippen LogP contribution is -2.49. The predicted octanol–water partition coefficient (Wildman–Crippen LogP) is 2.83. The van der Waals surface area contributed by atoms with E-state index < -0.39 is 5.82 Å². The number of hydrogen-bond donors (Lipinski definition) is 0. The van der Waals surface area contributed by atoms with Gasteiger partial charge in [-0.3, -0.25) is 4.79 Å². The fraction of sp³-hybridized carbons (Fsp3) is 0.318. The zero-order chi connectivity index (χ0) is 22.2. The molecule has 1 saturated heterocycles. The van der Waals surface area contributed by atoms with Gasteiger partial charge in [-0.2, -0.15) is 15.0 Å². The van der Waals surface area contributed by atoms with Crippen LogP contribution in [-0.2, 0) is 0 Å². The highest BCUT2D eigenvalue weighted by Gasteiger charge is 2.32. The van der Waals surface area contributed by atoms with Gasteiger partial charge < -0.3 is 14.0 Å². The van der Waals surface area contributed by atoms with Crippen molar-refractivity contribution in [1.82, 2.24) is 34.3 Å². The summed E-state index contributed by atoms with van der Waals surface area (Å²) in [6.07, 6.45) is 9.67. The number of ether oxygens (including phenoxy) is 1. The Labute approximate surface area is 183 Å². The maximum atomic E-state index is 13.9. The minimum atomic E-state index is -0.462. The molecule has 1 amide bonds. The molecular weight excluding hydrogens is 413 g/mol. The SMILES string of the molecule is Cc1cn2ccnc(O[C@@H]3CC[C@@H](C)N(C(=O)c4ccc(F)cc4-n4nccn4)C3)c2n1. The molecule has 0 bridgehead atoms. The minimum Gasteiger partial charge on any atom is -0.470 e. The Morgan fingerprint density at radius 2 is 2.00 bits per heavy atom. The van der Waals surface area contributed by atoms with Gasteiger partial charge in [0.15, 0.2) is 0 Å². The molecule has 0 aliphatic carbocycles. The Morgan fingerprint density at radius 1 is 1.19 bits per heavy atom. The van der Waals surface area contributed by atoms with E-state index in [1.807, 2.05) is 30.6 Å². The number of aryl methyl sites for hydroxylation is 1. The predicted molar refractivity (Wildman–Crippen MR) is 113 cm³/mol. The Kier molecular flexibility index (Phi) is 5.04. The molecule has 0 N–H and O–H groups in total. The summed E-state index contributed by atoms with van der Waals surface area (Å²) in [5.41, 5.74) is 2.15. The van der Waals surface area contributed by atoms with Gasteiger partial charge in [0.25, 0.3) is 11.8 Å². The van der Waals surface area contributed by atoms with E-state index in [2.05, 4.69) is 20.2 Å². The van der Waals surface area contributed by atoms with Crippen LogP contribution in [0.2, 0.25) is 0 Å². The standard InChI is InChI=1S/C22H22FN7O2/c1-14-12-28-10-9-24-21(20(28)27-14)32-17-5-3-15(2)29(13-17)22(31)18-6-4-16(23)11-19(18)30-25-7-8-26-30/h4,6-12,15,17H,3,5,13H2,1-2H3/t15-,17-/m1/s1. The summed E-state index contributed by atoms with van der Waals surface area (Å²) < 4.78 is 22.0. The van der Waals surface area contributed by atoms with Crippen LogP contribution < -0.4 is 4.74 Å². The number of likely N-dealkylation sites (tertiary alicyclic amines) is 1. The normalized spacial score (nSPS) is 18.8. The summed E-state index contributed by atoms with van der Waals surface area (Å²) in [5.74, 6) is -0.243. The smallest absolute Gasteiger partial charge is 0.258 e. The van der Waals surface area contributed by atoms with Crippen LogP contribution in [0.4, 0.5) is 4.39 Å². The van der Waals surface area contributed by atoms with E-state index >= 15 is 0 Å². The van der Waals surface area contributed by atoms with Crippen LogP contribution in [-0.4, -0.2) is 58.9 Å². The number of imidazole rings is 1. The van der Waals surface area contributed by atoms with Crippen LogP contribution in [0.25, 0.3) is 11.3 Å². The monoisotopic (exact) mass is 435 g/mol. The third-order valence-electron chi connectivity index (χ3n) is 5.67. The van der Waals surface area contributed by atoms with Gasteiger partial charge in [0.05, 0.1) is 30.2 Å². The summed E-state index contributed by atoms with van der Waals surface area (Å²) in [4.78, 5) is 25.3. The van der Waals surface area contributed by atoms with E-state index in [9.17, 15) is 9.18 Å². The molecule has 32 heavy (non-hydrogen) atoms. The van der Waals surface area contributed by atoms with Crippen LogP contribution in [0.15, 0.2) is 49.2 Å². The summed E-state index contributed by atoms with van der Waals surface area (Å²) in [5, 5.41) is 8.12. The Morgan fingerprint density at radius 3 is 2.81 bits per heavy atom. The van der Waals surface area contributed by atoms with Crippen molar-refractivity contribution in [3.05, 3.63) is 66.3 Å². The summed E-state index contributed by atoms with van der Waals surface area (Å²) >= 11 is 0. The van der Waals surface area contributed by atoms with Crippen LogP contribution >= 0.6 is 0 Å². The van der Waals surface area contributed by atoms with Crippen molar-refractivity contribution in [3.8, 4) is 11.6 Å². The Bertz CT molecular complexity index is 1270. The fourth-order valence-corrected chi connectivity index (χ4v) is 4.06. The van der Waals surface area contributed by atoms with Gasteiger partial charge >= 0.3 is 0 Å². The molecule has 10 heteroatoms. The molecule has 1 aliphatic rings. The zero-order valence-corrected chi connectivity index (χ0v) is 17.7. The van der Waals surface area contributed by atoms with Crippen molar-refractivity contribution in [3.63, 3.8) is 0 Å². The molecule has 1 aliphatic heterocycles. The molecule has 1 fully saturated rings. The number of nitrogens with zero attached hydrogens (tertiary/aromatic N) is 7. The molecule has 4 heterocycles. The number of benzene rings is 1. The third kappa shape index (κ3) is 3.68. The van der Waals surface area contributed by atoms with Gasteiger partial charge in [0.2, 0.25) is 5.65 Å². The molecule has 5 rings (SSSR count). The Balaban J connectivity index is 1.41. The lowest BCUT2D eigenvalue weighted by atomic mass is 9.99. The Hall–Kier alpha value is -3.82. The van der Waals surface area contributed by atoms with Gasteiger partial charge in [-0.15, -0.1) is 0 Å². The molecule has 4 aromatic rings. The average molecular weight is 435 g/mol. The van der Waals surface area contributed by atoms with E-state index in [1.165, 1.54) is 35.4 Å². The van der Waals surface area contributed by atoms with E-state index in [1.54, 1.807) is 11.1 Å². The number of hydrogen-bond acceptors (Lipinski definition) is 6. The molecule has 0 unspecified atom stereocenters. The maximum absolute atomic E-state index is 13.9. The first-order valence-electron chi connectivity index (χ1n) is 10.4. The number of halogens is 1. The zero-order valence-electron chi connectivity index (χ0n) is 17.7. The molecule has 0 spiro atoms. The number of carbonyl (C=O) groups excluding carboxylic acids is 1. The minimum absolute atomic E-state index is 0.00301. The van der Waals surface area contributed by atoms with E-state index in [0.29, 0.717) is 29.3 Å². The van der Waals surface area contributed by atoms with Gasteiger partial charge in [-0.05, 0) is 38.8 Å². The fourth-order valence-electron chi connectivity index (χ4n) is 4.06. The van der Waals surface area contributed by atoms with Gasteiger partial charge in [-0.25, -0.2) is 14.4 Å². The van der Waals surface area contributed by atoms with Crippen LogP contribution in [0.1, 0.15) is 35.8 Å². The van der Waals surface area contributed by atoms with E-state index in [-0.39, 0.29) is 18.1 Å². The largest absolute Gasteiger partial charge is 0.470 e. The highest BCUT2D eigenvalue weighted by Crippen LogP contribution is 2.26. The third-order valence-corrected chi connectivity index (χ3v) is 5.67. The quantitative estimate of drug-likeness (QED) is 0.490. The highest BCUT2D eigenvalue weighted by atomic mass is 19.1. The highest BCUT2D eigenvalue weighted by molar-refractivity contribution is 5.98. The number of rotatable bonds is 4. The molecule has 1 aromatic carbocycles. The van der Waals surface area contributed by atoms with Crippen molar-refractivity contribution in [2.24, 2.45) is 0 Å². The molecular formula is C22H22FN7O2. The lowest BCUT2D eigenvalue weighted by molar-refractivity contribution is 0.0375. The van der Waals surface area contributed by atoms with Crippen molar-refractivity contribution >= 4 is 11.6 Å². The van der Waals surface area contributed by atoms with Crippen molar-refractivity contribution in [2.75, 3.05) is 6.54 Å². The van der Waals surface area contributed by atoms with Crippen molar-refractivity contribution in [2.45, 2.75) is 38.8 Å². The molecule has 164 valence electrons. The van der Waals surface area contributed by atoms with Crippen LogP contribution in [0.3, 0.4) is 0 Å². The average Bonchev–Trinajstić information content (AvgIpc) is 3.44. The van der Waals surface area contributed by atoms with Crippen LogP contribution in [0.5, 0.6) is 5.88 Å². The first-order chi connectivity index (χ1) is 15.5. The topological polar surface area (TPSA) is 90.4 Å².